The fourth-order valence-corrected chi connectivity index (χ4v) is 4.83. The highest BCUT2D eigenvalue weighted by Gasteiger charge is 2.39. The number of nitriles is 1. The van der Waals surface area contributed by atoms with Gasteiger partial charge in [0.15, 0.2) is 0 Å². The second-order valence-electron chi connectivity index (χ2n) is 8.53. The molecule has 1 aliphatic carbocycles. The van der Waals surface area contributed by atoms with E-state index >= 15 is 0 Å². The average Bonchev–Trinajstić information content (AvgIpc) is 2.84. The Kier molecular flexibility index (Phi) is 6.43. The molecule has 6 heteroatoms. The van der Waals surface area contributed by atoms with Crippen molar-refractivity contribution in [2.24, 2.45) is 0 Å². The van der Waals surface area contributed by atoms with Gasteiger partial charge < -0.3 is 14.7 Å². The predicted octanol–water partition coefficient (Wildman–Crippen LogP) is 4.27. The molecule has 0 unspecified atom stereocenters. The Morgan fingerprint density at radius 3 is 2.42 bits per heavy atom. The van der Waals surface area contributed by atoms with Gasteiger partial charge in [0.1, 0.15) is 12.4 Å². The van der Waals surface area contributed by atoms with Crippen molar-refractivity contribution in [3.05, 3.63) is 65.7 Å². The summed E-state index contributed by atoms with van der Waals surface area (Å²) in [6.07, 6.45) is 2.71. The number of ether oxygens (including phenoxy) is 1. The summed E-state index contributed by atoms with van der Waals surface area (Å²) < 4.78 is 5.99. The van der Waals surface area contributed by atoms with E-state index in [2.05, 4.69) is 11.0 Å². The molecule has 4 rings (SSSR count). The molecule has 2 aromatic carbocycles. The molecule has 1 amide bonds. The fourth-order valence-electron chi connectivity index (χ4n) is 4.83. The van der Waals surface area contributed by atoms with E-state index in [1.807, 2.05) is 54.6 Å². The largest absolute Gasteiger partial charge is 0.489 e. The molecular weight excluding hydrogens is 390 g/mol. The lowest BCUT2D eigenvalue weighted by Crippen LogP contribution is -2.53. The molecule has 2 aliphatic rings. The summed E-state index contributed by atoms with van der Waals surface area (Å²) in [5.41, 5.74) is 1.67. The molecule has 31 heavy (non-hydrogen) atoms. The van der Waals surface area contributed by atoms with Crippen molar-refractivity contribution in [1.82, 2.24) is 9.80 Å². The first-order chi connectivity index (χ1) is 15.1. The van der Waals surface area contributed by atoms with Crippen LogP contribution in [0.4, 0.5) is 4.79 Å². The monoisotopic (exact) mass is 419 g/mol. The quantitative estimate of drug-likeness (QED) is 0.783. The van der Waals surface area contributed by atoms with Crippen molar-refractivity contribution >= 4 is 6.09 Å². The zero-order chi connectivity index (χ0) is 21.7. The van der Waals surface area contributed by atoms with E-state index in [0.717, 1.165) is 55.6 Å². The lowest BCUT2D eigenvalue weighted by atomic mass is 9.69. The van der Waals surface area contributed by atoms with E-state index in [1.54, 1.807) is 0 Å². The highest BCUT2D eigenvalue weighted by Crippen LogP contribution is 2.41. The minimum Gasteiger partial charge on any atom is -0.489 e. The van der Waals surface area contributed by atoms with Gasteiger partial charge in [0.05, 0.1) is 11.5 Å². The van der Waals surface area contributed by atoms with Crippen LogP contribution in [-0.2, 0) is 12.0 Å². The van der Waals surface area contributed by atoms with Gasteiger partial charge in [-0.05, 0) is 48.9 Å². The third-order valence-corrected chi connectivity index (χ3v) is 6.76. The number of amides is 1. The van der Waals surface area contributed by atoms with E-state index in [9.17, 15) is 10.1 Å². The minimum atomic E-state index is -0.832. The molecule has 1 N–H and O–H groups in total. The molecule has 1 aliphatic heterocycles. The summed E-state index contributed by atoms with van der Waals surface area (Å²) in [7, 11) is 0. The zero-order valence-corrected chi connectivity index (χ0v) is 17.7. The second kappa shape index (κ2) is 9.40. The summed E-state index contributed by atoms with van der Waals surface area (Å²) in [4.78, 5) is 15.0. The first-order valence-electron chi connectivity index (χ1n) is 11.0. The maximum Gasteiger partial charge on any atom is 0.407 e. The first-order valence-corrected chi connectivity index (χ1v) is 11.0. The molecular formula is C25H29N3O3. The lowest BCUT2D eigenvalue weighted by Gasteiger charge is -2.43. The molecule has 6 nitrogen and oxygen atoms in total. The van der Waals surface area contributed by atoms with Crippen LogP contribution in [0.3, 0.4) is 0 Å². The lowest BCUT2D eigenvalue weighted by molar-refractivity contribution is 0.0672. The summed E-state index contributed by atoms with van der Waals surface area (Å²) >= 11 is 0. The summed E-state index contributed by atoms with van der Waals surface area (Å²) in [6, 6.07) is 21.1. The van der Waals surface area contributed by atoms with Crippen molar-refractivity contribution in [3.8, 4) is 11.8 Å². The van der Waals surface area contributed by atoms with Crippen molar-refractivity contribution in [1.29, 1.82) is 5.26 Å². The SMILES string of the molecule is N#C[C@]1(c2cccc(OCc3ccccc3)c2)CC[C@@H](N2CCN(C(=O)O)CC2)CC1. The number of carbonyl (C=O) groups is 1. The van der Waals surface area contributed by atoms with E-state index < -0.39 is 11.5 Å². The van der Waals surface area contributed by atoms with E-state index in [0.29, 0.717) is 25.7 Å². The summed E-state index contributed by atoms with van der Waals surface area (Å²) in [6.45, 7) is 3.19. The molecule has 0 atom stereocenters. The Bertz CT molecular complexity index is 925. The zero-order valence-electron chi connectivity index (χ0n) is 17.7. The highest BCUT2D eigenvalue weighted by molar-refractivity contribution is 5.65. The van der Waals surface area contributed by atoms with Crippen molar-refractivity contribution in [2.75, 3.05) is 26.2 Å². The van der Waals surface area contributed by atoms with Gasteiger partial charge in [-0.2, -0.15) is 5.26 Å². The topological polar surface area (TPSA) is 76.8 Å². The van der Waals surface area contributed by atoms with Gasteiger partial charge in [0.2, 0.25) is 0 Å². The molecule has 2 aromatic rings. The van der Waals surface area contributed by atoms with Crippen LogP contribution in [0.15, 0.2) is 54.6 Å². The molecule has 2 fully saturated rings. The number of carboxylic acid groups (broad SMARTS) is 1. The van der Waals surface area contributed by atoms with Crippen molar-refractivity contribution in [2.45, 2.75) is 43.7 Å². The van der Waals surface area contributed by atoms with Crippen LogP contribution in [0.5, 0.6) is 5.75 Å². The summed E-state index contributed by atoms with van der Waals surface area (Å²) in [5, 5.41) is 19.3. The van der Waals surface area contributed by atoms with Crippen LogP contribution < -0.4 is 4.74 Å². The first kappa shape index (κ1) is 21.2. The molecule has 1 heterocycles. The van der Waals surface area contributed by atoms with Crippen molar-refractivity contribution in [3.63, 3.8) is 0 Å². The van der Waals surface area contributed by atoms with Gasteiger partial charge in [-0.3, -0.25) is 4.90 Å². The molecule has 1 saturated heterocycles. The van der Waals surface area contributed by atoms with Crippen LogP contribution in [0.1, 0.15) is 36.8 Å². The Labute approximate surface area is 183 Å². The fraction of sp³-hybridized carbons (Fsp3) is 0.440. The Morgan fingerprint density at radius 1 is 1.06 bits per heavy atom. The van der Waals surface area contributed by atoms with Gasteiger partial charge in [-0.25, -0.2) is 4.79 Å². The predicted molar refractivity (Wildman–Crippen MR) is 118 cm³/mol. The van der Waals surface area contributed by atoms with E-state index in [-0.39, 0.29) is 0 Å². The van der Waals surface area contributed by atoms with Gasteiger partial charge in [-0.15, -0.1) is 0 Å². The van der Waals surface area contributed by atoms with Crippen LogP contribution in [0.25, 0.3) is 0 Å². The maximum absolute atomic E-state index is 11.1. The number of hydrogen-bond donors (Lipinski definition) is 1. The molecule has 1 saturated carbocycles. The number of piperazine rings is 1. The van der Waals surface area contributed by atoms with E-state index in [1.165, 1.54) is 4.90 Å². The number of benzene rings is 2. The van der Waals surface area contributed by atoms with Gasteiger partial charge in [0, 0.05) is 32.2 Å². The summed E-state index contributed by atoms with van der Waals surface area (Å²) in [5.74, 6) is 0.794. The minimum absolute atomic E-state index is 0.426. The Balaban J connectivity index is 1.38. The van der Waals surface area contributed by atoms with Crippen LogP contribution >= 0.6 is 0 Å². The standard InChI is InChI=1S/C25H29N3O3/c26-19-25(11-9-22(10-12-25)27-13-15-28(16-14-27)24(29)30)21-7-4-8-23(17-21)31-18-20-5-2-1-3-6-20/h1-8,17,22H,9-16,18H2,(H,29,30)/t22-,25+. The van der Waals surface area contributed by atoms with Crippen LogP contribution in [0.2, 0.25) is 0 Å². The Hall–Kier alpha value is -3.04. The maximum atomic E-state index is 11.1. The molecule has 162 valence electrons. The van der Waals surface area contributed by atoms with Gasteiger partial charge >= 0.3 is 6.09 Å². The van der Waals surface area contributed by atoms with Gasteiger partial charge in [0.25, 0.3) is 0 Å². The van der Waals surface area contributed by atoms with Gasteiger partial charge in [-0.1, -0.05) is 42.5 Å². The third kappa shape index (κ3) is 4.83. The van der Waals surface area contributed by atoms with Crippen molar-refractivity contribution < 1.29 is 14.6 Å². The van der Waals surface area contributed by atoms with E-state index in [4.69, 9.17) is 9.84 Å². The molecule has 0 spiro atoms. The Morgan fingerprint density at radius 2 is 1.77 bits per heavy atom. The number of hydrogen-bond acceptors (Lipinski definition) is 4. The third-order valence-electron chi connectivity index (χ3n) is 6.76. The van der Waals surface area contributed by atoms with Crippen LogP contribution in [-0.4, -0.2) is 53.2 Å². The van der Waals surface area contributed by atoms with Crippen LogP contribution in [0, 0.1) is 11.3 Å². The molecule has 0 bridgehead atoms. The normalized spacial score (nSPS) is 24.4. The second-order valence-corrected chi connectivity index (χ2v) is 8.53. The highest BCUT2D eigenvalue weighted by atomic mass is 16.5. The molecule has 0 aromatic heterocycles. The number of nitrogens with zero attached hydrogens (tertiary/aromatic N) is 3. The average molecular weight is 420 g/mol. The smallest absolute Gasteiger partial charge is 0.407 e. The number of rotatable bonds is 5. The molecule has 0 radical (unpaired) electrons.